The highest BCUT2D eigenvalue weighted by Gasteiger charge is 2.15. The predicted molar refractivity (Wildman–Crippen MR) is 67.6 cm³/mol. The lowest BCUT2D eigenvalue weighted by atomic mass is 10.2. The third-order valence-electron chi connectivity index (χ3n) is 2.46. The number of rotatable bonds is 3. The van der Waals surface area contributed by atoms with E-state index in [0.717, 1.165) is 0 Å². The van der Waals surface area contributed by atoms with Gasteiger partial charge in [-0.15, -0.1) is 0 Å². The molecule has 0 saturated heterocycles. The molecule has 3 nitrogen and oxygen atoms in total. The van der Waals surface area contributed by atoms with Crippen LogP contribution in [0.4, 0.5) is 0 Å². The van der Waals surface area contributed by atoms with Crippen molar-refractivity contribution >= 4 is 16.7 Å². The van der Waals surface area contributed by atoms with E-state index in [9.17, 15) is 9.00 Å². The van der Waals surface area contributed by atoms with E-state index >= 15 is 0 Å². The summed E-state index contributed by atoms with van der Waals surface area (Å²) >= 11 is 0. The maximum Gasteiger partial charge on any atom is 0.263 e. The standard InChI is InChI=1S/C13H13NO2S/c1-2-17(16)12-8-4-3-7-11(12)13(15)14-9-5-6-10-14/h3-10H,2H2,1H3. The Balaban J connectivity index is 2.45. The molecule has 0 aliphatic rings. The molecule has 0 aliphatic carbocycles. The topological polar surface area (TPSA) is 39.1 Å². The molecule has 1 aromatic heterocycles. The zero-order valence-electron chi connectivity index (χ0n) is 9.50. The lowest BCUT2D eigenvalue weighted by Crippen LogP contribution is -2.13. The SMILES string of the molecule is CCS(=O)c1ccccc1C(=O)n1cccc1. The van der Waals surface area contributed by atoms with Gasteiger partial charge in [-0.25, -0.2) is 0 Å². The maximum absolute atomic E-state index is 12.2. The van der Waals surface area contributed by atoms with E-state index in [0.29, 0.717) is 16.2 Å². The summed E-state index contributed by atoms with van der Waals surface area (Å²) < 4.78 is 13.3. The fourth-order valence-electron chi connectivity index (χ4n) is 1.61. The van der Waals surface area contributed by atoms with Crippen molar-refractivity contribution in [1.82, 2.24) is 4.57 Å². The van der Waals surface area contributed by atoms with Gasteiger partial charge in [0.05, 0.1) is 21.3 Å². The summed E-state index contributed by atoms with van der Waals surface area (Å²) in [5, 5.41) is 0. The first kappa shape index (κ1) is 11.8. The second-order valence-electron chi connectivity index (χ2n) is 3.53. The van der Waals surface area contributed by atoms with Gasteiger partial charge in [0, 0.05) is 18.1 Å². The average molecular weight is 247 g/mol. The van der Waals surface area contributed by atoms with Crippen molar-refractivity contribution in [2.75, 3.05) is 5.75 Å². The van der Waals surface area contributed by atoms with Gasteiger partial charge in [0.2, 0.25) is 0 Å². The molecule has 0 amide bonds. The van der Waals surface area contributed by atoms with Crippen LogP contribution < -0.4 is 0 Å². The minimum atomic E-state index is -1.12. The summed E-state index contributed by atoms with van der Waals surface area (Å²) in [6.45, 7) is 1.84. The smallest absolute Gasteiger partial charge is 0.263 e. The Morgan fingerprint density at radius 2 is 1.82 bits per heavy atom. The molecule has 0 saturated carbocycles. The quantitative estimate of drug-likeness (QED) is 0.835. The maximum atomic E-state index is 12.2. The molecule has 17 heavy (non-hydrogen) atoms. The molecule has 0 spiro atoms. The Morgan fingerprint density at radius 3 is 2.47 bits per heavy atom. The van der Waals surface area contributed by atoms with Crippen molar-refractivity contribution in [3.05, 3.63) is 54.4 Å². The zero-order chi connectivity index (χ0) is 12.3. The van der Waals surface area contributed by atoms with E-state index in [4.69, 9.17) is 0 Å². The Kier molecular flexibility index (Phi) is 3.54. The van der Waals surface area contributed by atoms with Gasteiger partial charge in [-0.2, -0.15) is 0 Å². The highest BCUT2D eigenvalue weighted by atomic mass is 32.2. The van der Waals surface area contributed by atoms with Gasteiger partial charge in [-0.05, 0) is 24.3 Å². The summed E-state index contributed by atoms with van der Waals surface area (Å²) in [7, 11) is -1.12. The van der Waals surface area contributed by atoms with Crippen molar-refractivity contribution in [3.63, 3.8) is 0 Å². The summed E-state index contributed by atoms with van der Waals surface area (Å²) in [5.74, 6) is 0.364. The van der Waals surface area contributed by atoms with Crippen LogP contribution in [0.2, 0.25) is 0 Å². The number of hydrogen-bond donors (Lipinski definition) is 0. The van der Waals surface area contributed by atoms with Crippen molar-refractivity contribution in [2.45, 2.75) is 11.8 Å². The lowest BCUT2D eigenvalue weighted by Gasteiger charge is -2.07. The lowest BCUT2D eigenvalue weighted by molar-refractivity contribution is 0.0957. The van der Waals surface area contributed by atoms with Crippen LogP contribution in [0.5, 0.6) is 0 Å². The molecule has 1 atom stereocenters. The molecule has 2 rings (SSSR count). The zero-order valence-corrected chi connectivity index (χ0v) is 10.3. The highest BCUT2D eigenvalue weighted by molar-refractivity contribution is 7.85. The molecular weight excluding hydrogens is 234 g/mol. The van der Waals surface area contributed by atoms with E-state index in [-0.39, 0.29) is 5.91 Å². The predicted octanol–water partition coefficient (Wildman–Crippen LogP) is 2.30. The molecule has 1 aromatic carbocycles. The Morgan fingerprint density at radius 1 is 1.18 bits per heavy atom. The summed E-state index contributed by atoms with van der Waals surface area (Å²) in [4.78, 5) is 12.8. The van der Waals surface area contributed by atoms with Gasteiger partial charge in [-0.1, -0.05) is 19.1 Å². The highest BCUT2D eigenvalue weighted by Crippen LogP contribution is 2.15. The minimum absolute atomic E-state index is 0.146. The molecule has 1 unspecified atom stereocenters. The average Bonchev–Trinajstić information content (AvgIpc) is 2.91. The number of benzene rings is 1. The molecule has 0 radical (unpaired) electrons. The molecular formula is C13H13NO2S. The minimum Gasteiger partial charge on any atom is -0.291 e. The van der Waals surface area contributed by atoms with E-state index in [1.165, 1.54) is 4.57 Å². The molecule has 88 valence electrons. The van der Waals surface area contributed by atoms with Crippen LogP contribution in [0, 0.1) is 0 Å². The van der Waals surface area contributed by atoms with Gasteiger partial charge in [0.15, 0.2) is 0 Å². The van der Waals surface area contributed by atoms with Crippen LogP contribution in [0.15, 0.2) is 53.7 Å². The number of hydrogen-bond acceptors (Lipinski definition) is 2. The van der Waals surface area contributed by atoms with Gasteiger partial charge in [-0.3, -0.25) is 13.6 Å². The van der Waals surface area contributed by atoms with Crippen molar-refractivity contribution in [3.8, 4) is 0 Å². The molecule has 0 aliphatic heterocycles. The largest absolute Gasteiger partial charge is 0.291 e. The second-order valence-corrected chi connectivity index (χ2v) is 5.23. The van der Waals surface area contributed by atoms with Gasteiger partial charge < -0.3 is 0 Å². The van der Waals surface area contributed by atoms with Crippen LogP contribution in [0.25, 0.3) is 0 Å². The molecule has 0 fully saturated rings. The Bertz CT molecular complexity index is 546. The van der Waals surface area contributed by atoms with Crippen LogP contribution >= 0.6 is 0 Å². The summed E-state index contributed by atoms with van der Waals surface area (Å²) in [6.07, 6.45) is 3.38. The van der Waals surface area contributed by atoms with Gasteiger partial charge >= 0.3 is 0 Å². The number of aromatic nitrogens is 1. The number of carbonyl (C=O) groups excluding carboxylic acids is 1. The van der Waals surface area contributed by atoms with Gasteiger partial charge in [0.25, 0.3) is 5.91 Å². The molecule has 0 bridgehead atoms. The van der Waals surface area contributed by atoms with E-state index < -0.39 is 10.8 Å². The van der Waals surface area contributed by atoms with E-state index in [2.05, 4.69) is 0 Å². The Hall–Kier alpha value is -1.68. The van der Waals surface area contributed by atoms with Crippen LogP contribution in [-0.4, -0.2) is 20.4 Å². The normalized spacial score (nSPS) is 12.3. The van der Waals surface area contributed by atoms with Crippen molar-refractivity contribution < 1.29 is 9.00 Å². The third-order valence-corrected chi connectivity index (χ3v) is 3.83. The molecule has 0 N–H and O–H groups in total. The van der Waals surface area contributed by atoms with Crippen molar-refractivity contribution in [1.29, 1.82) is 0 Å². The first-order valence-corrected chi connectivity index (χ1v) is 6.71. The first-order valence-electron chi connectivity index (χ1n) is 5.39. The fourth-order valence-corrected chi connectivity index (χ4v) is 2.55. The molecule has 4 heteroatoms. The first-order chi connectivity index (χ1) is 8.24. The van der Waals surface area contributed by atoms with E-state index in [1.807, 2.05) is 6.92 Å². The third kappa shape index (κ3) is 2.36. The Labute approximate surface area is 103 Å². The summed E-state index contributed by atoms with van der Waals surface area (Å²) in [6, 6.07) is 10.6. The van der Waals surface area contributed by atoms with E-state index in [1.54, 1.807) is 48.8 Å². The monoisotopic (exact) mass is 247 g/mol. The van der Waals surface area contributed by atoms with Crippen molar-refractivity contribution in [2.24, 2.45) is 0 Å². The molecule has 1 heterocycles. The second kappa shape index (κ2) is 5.10. The van der Waals surface area contributed by atoms with Gasteiger partial charge in [0.1, 0.15) is 0 Å². The van der Waals surface area contributed by atoms with Crippen LogP contribution in [0.1, 0.15) is 17.3 Å². The number of nitrogens with zero attached hydrogens (tertiary/aromatic N) is 1. The summed E-state index contributed by atoms with van der Waals surface area (Å²) in [5.41, 5.74) is 0.504. The number of carbonyl (C=O) groups is 1. The molecule has 2 aromatic rings. The van der Waals surface area contributed by atoms with Crippen LogP contribution in [-0.2, 0) is 10.8 Å². The fraction of sp³-hybridized carbons (Fsp3) is 0.154. The van der Waals surface area contributed by atoms with Crippen LogP contribution in [0.3, 0.4) is 0 Å².